The lowest BCUT2D eigenvalue weighted by Gasteiger charge is -2.34. The molecular weight excluding hydrogens is 213 g/mol. The van der Waals surface area contributed by atoms with Crippen LogP contribution in [0.1, 0.15) is 33.6 Å². The van der Waals surface area contributed by atoms with Crippen LogP contribution in [0.3, 0.4) is 0 Å². The Labute approximate surface area is 99.7 Å². The van der Waals surface area contributed by atoms with Gasteiger partial charge in [0.2, 0.25) is 0 Å². The molecule has 1 heterocycles. The Balaban J connectivity index is 2.32. The first-order chi connectivity index (χ1) is 7.59. The van der Waals surface area contributed by atoms with E-state index in [2.05, 4.69) is 50.0 Å². The van der Waals surface area contributed by atoms with E-state index in [1.165, 1.54) is 18.3 Å². The Hall–Kier alpha value is -0.680. The molecule has 0 radical (unpaired) electrons. The quantitative estimate of drug-likeness (QED) is 0.560. The fraction of sp³-hybridized carbons (Fsp3) is 0.500. The third kappa shape index (κ3) is 2.52. The lowest BCUT2D eigenvalue weighted by atomic mass is 10.3. The van der Waals surface area contributed by atoms with Crippen LogP contribution in [0, 0.1) is 0 Å². The molecule has 1 unspecified atom stereocenters. The van der Waals surface area contributed by atoms with Gasteiger partial charge in [-0.05, 0) is 38.1 Å². The summed E-state index contributed by atoms with van der Waals surface area (Å²) in [6.45, 7) is 7.04. The molecule has 0 saturated carbocycles. The van der Waals surface area contributed by atoms with Crippen molar-refractivity contribution in [3.8, 4) is 0 Å². The molecule has 0 bridgehead atoms. The maximum Gasteiger partial charge on any atom is 0.0641 e. The van der Waals surface area contributed by atoms with Gasteiger partial charge >= 0.3 is 0 Å². The van der Waals surface area contributed by atoms with Crippen molar-refractivity contribution in [3.05, 3.63) is 36.5 Å². The second-order valence-corrected chi connectivity index (χ2v) is 8.50. The van der Waals surface area contributed by atoms with Gasteiger partial charge in [-0.25, -0.2) is 0 Å². The van der Waals surface area contributed by atoms with Gasteiger partial charge in [-0.2, -0.15) is 0 Å². The zero-order valence-corrected chi connectivity index (χ0v) is 11.2. The van der Waals surface area contributed by atoms with Crippen LogP contribution in [-0.2, 0) is 0 Å². The fourth-order valence-electron chi connectivity index (χ4n) is 2.34. The number of rotatable bonds is 2. The third-order valence-electron chi connectivity index (χ3n) is 2.94. The minimum Gasteiger partial charge on any atom is -0.257 e. The Morgan fingerprint density at radius 1 is 1.31 bits per heavy atom. The summed E-state index contributed by atoms with van der Waals surface area (Å²) >= 11 is 0. The van der Waals surface area contributed by atoms with E-state index in [1.54, 1.807) is 0 Å². The molecule has 1 nitrogen and oxygen atoms in total. The lowest BCUT2D eigenvalue weighted by molar-refractivity contribution is 0.770. The van der Waals surface area contributed by atoms with E-state index in [1.807, 2.05) is 12.3 Å². The van der Waals surface area contributed by atoms with Gasteiger partial charge in [0, 0.05) is 11.9 Å². The highest BCUT2D eigenvalue weighted by molar-refractivity contribution is 7.67. The average Bonchev–Trinajstić information content (AvgIpc) is 2.71. The van der Waals surface area contributed by atoms with Crippen molar-refractivity contribution in [2.75, 3.05) is 0 Å². The molecular formula is C14H20NP. The topological polar surface area (TPSA) is 12.9 Å². The first-order valence-electron chi connectivity index (χ1n) is 5.96. The van der Waals surface area contributed by atoms with Gasteiger partial charge in [-0.1, -0.05) is 39.0 Å². The molecule has 2 heteroatoms. The third-order valence-corrected chi connectivity index (χ3v) is 6.24. The van der Waals surface area contributed by atoms with Crippen molar-refractivity contribution < 1.29 is 0 Å². The summed E-state index contributed by atoms with van der Waals surface area (Å²) in [4.78, 5) is 4.59. The molecule has 0 aromatic carbocycles. The summed E-state index contributed by atoms with van der Waals surface area (Å²) in [5.41, 5.74) is 2.03. The van der Waals surface area contributed by atoms with Crippen LogP contribution >= 0.6 is 7.92 Å². The fourth-order valence-corrected chi connectivity index (χ4v) is 5.50. The number of allylic oxidation sites excluding steroid dienone is 2. The highest BCUT2D eigenvalue weighted by Gasteiger charge is 2.33. The van der Waals surface area contributed by atoms with E-state index < -0.39 is 0 Å². The standard InChI is InChI=1S/C14H20NP/c1-14(2,3)16(12-8-4-5-9-12)13-10-6-7-11-15-13/h4,6-8,10-12H,5,9H2,1-3H3/t12-,16?/m0/s1. The maximum absolute atomic E-state index is 4.59. The minimum atomic E-state index is -0.196. The van der Waals surface area contributed by atoms with Crippen LogP contribution in [0.2, 0.25) is 0 Å². The summed E-state index contributed by atoms with van der Waals surface area (Å²) < 4.78 is 0. The summed E-state index contributed by atoms with van der Waals surface area (Å²) in [6, 6.07) is 6.31. The van der Waals surface area contributed by atoms with Crippen molar-refractivity contribution in [1.29, 1.82) is 0 Å². The summed E-state index contributed by atoms with van der Waals surface area (Å²) in [5.74, 6) is 0. The van der Waals surface area contributed by atoms with E-state index in [9.17, 15) is 0 Å². The van der Waals surface area contributed by atoms with Gasteiger partial charge < -0.3 is 0 Å². The molecule has 86 valence electrons. The van der Waals surface area contributed by atoms with Crippen LogP contribution in [0.15, 0.2) is 36.5 Å². The van der Waals surface area contributed by atoms with E-state index in [0.29, 0.717) is 5.16 Å². The number of pyridine rings is 1. The Bertz CT molecular complexity index is 364. The van der Waals surface area contributed by atoms with Crippen LogP contribution in [0.25, 0.3) is 0 Å². The zero-order chi connectivity index (χ0) is 11.6. The van der Waals surface area contributed by atoms with Crippen molar-refractivity contribution in [2.45, 2.75) is 44.4 Å². The van der Waals surface area contributed by atoms with Crippen molar-refractivity contribution in [1.82, 2.24) is 4.98 Å². The summed E-state index contributed by atoms with van der Waals surface area (Å²) in [5, 5.41) is 0.336. The molecule has 0 N–H and O–H groups in total. The number of hydrogen-bond acceptors (Lipinski definition) is 1. The number of aromatic nitrogens is 1. The predicted molar refractivity (Wildman–Crippen MR) is 72.7 cm³/mol. The first-order valence-corrected chi connectivity index (χ1v) is 7.37. The summed E-state index contributed by atoms with van der Waals surface area (Å²) in [7, 11) is -0.196. The second kappa shape index (κ2) is 4.67. The van der Waals surface area contributed by atoms with E-state index in [4.69, 9.17) is 0 Å². The normalized spacial score (nSPS) is 22.3. The molecule has 1 aliphatic rings. The summed E-state index contributed by atoms with van der Waals surface area (Å²) in [6.07, 6.45) is 9.21. The number of nitrogens with zero attached hydrogens (tertiary/aromatic N) is 1. The first kappa shape index (κ1) is 11.8. The zero-order valence-electron chi connectivity index (χ0n) is 10.4. The van der Waals surface area contributed by atoms with Crippen LogP contribution in [0.5, 0.6) is 0 Å². The molecule has 16 heavy (non-hydrogen) atoms. The van der Waals surface area contributed by atoms with E-state index in [-0.39, 0.29) is 7.92 Å². The van der Waals surface area contributed by atoms with Gasteiger partial charge in [-0.3, -0.25) is 4.98 Å². The highest BCUT2D eigenvalue weighted by atomic mass is 31.1. The lowest BCUT2D eigenvalue weighted by Crippen LogP contribution is -2.26. The Morgan fingerprint density at radius 2 is 2.12 bits per heavy atom. The molecule has 0 amide bonds. The molecule has 0 spiro atoms. The molecule has 1 aromatic rings. The highest BCUT2D eigenvalue weighted by Crippen LogP contribution is 2.54. The molecule has 1 aromatic heterocycles. The molecule has 0 fully saturated rings. The molecule has 0 saturated heterocycles. The van der Waals surface area contributed by atoms with Crippen LogP contribution in [0.4, 0.5) is 0 Å². The maximum atomic E-state index is 4.59. The van der Waals surface area contributed by atoms with E-state index in [0.717, 1.165) is 5.66 Å². The van der Waals surface area contributed by atoms with Gasteiger partial charge in [0.15, 0.2) is 0 Å². The number of hydrogen-bond donors (Lipinski definition) is 0. The Morgan fingerprint density at radius 3 is 2.62 bits per heavy atom. The van der Waals surface area contributed by atoms with Crippen molar-refractivity contribution in [3.63, 3.8) is 0 Å². The molecule has 2 atom stereocenters. The van der Waals surface area contributed by atoms with Crippen LogP contribution < -0.4 is 5.44 Å². The monoisotopic (exact) mass is 233 g/mol. The van der Waals surface area contributed by atoms with Crippen molar-refractivity contribution in [2.24, 2.45) is 0 Å². The van der Waals surface area contributed by atoms with Crippen LogP contribution in [-0.4, -0.2) is 15.8 Å². The molecule has 2 rings (SSSR count). The Kier molecular flexibility index (Phi) is 3.44. The van der Waals surface area contributed by atoms with Gasteiger partial charge in [0.05, 0.1) is 5.44 Å². The van der Waals surface area contributed by atoms with Gasteiger partial charge in [0.1, 0.15) is 0 Å². The largest absolute Gasteiger partial charge is 0.257 e. The smallest absolute Gasteiger partial charge is 0.0641 e. The molecule has 0 aliphatic heterocycles. The SMILES string of the molecule is CC(C)(C)P(c1ccccn1)[C@H]1C=CCC1. The van der Waals surface area contributed by atoms with E-state index >= 15 is 0 Å². The predicted octanol–water partition coefficient (Wildman–Crippen LogP) is 3.71. The minimum absolute atomic E-state index is 0.196. The van der Waals surface area contributed by atoms with Crippen molar-refractivity contribution >= 4 is 13.4 Å². The van der Waals surface area contributed by atoms with Gasteiger partial charge in [-0.15, -0.1) is 0 Å². The average molecular weight is 233 g/mol. The second-order valence-electron chi connectivity index (χ2n) is 5.30. The molecule has 1 aliphatic carbocycles. The van der Waals surface area contributed by atoms with Gasteiger partial charge in [0.25, 0.3) is 0 Å².